The third kappa shape index (κ3) is 24.4. The molecule has 0 saturated carbocycles. The number of carboxylic acids is 2. The maximum Gasteiger partial charge on any atom is 1.00 e. The van der Waals surface area contributed by atoms with E-state index in [1.165, 1.54) is 12.5 Å². The van der Waals surface area contributed by atoms with E-state index in [-0.39, 0.29) is 53.3 Å². The molecule has 0 aliphatic heterocycles. The number of nitrogens with two attached hydrogens (primary N) is 1. The number of aliphatic carboxylic acids is 2. The summed E-state index contributed by atoms with van der Waals surface area (Å²) in [6.45, 7) is 10.7. The summed E-state index contributed by atoms with van der Waals surface area (Å²) in [5.74, 6) is -1.61. The van der Waals surface area contributed by atoms with Crippen molar-refractivity contribution in [2.24, 2.45) is 5.73 Å². The van der Waals surface area contributed by atoms with Crippen LogP contribution in [0.1, 0.15) is 56.9 Å². The van der Waals surface area contributed by atoms with Crippen LogP contribution in [-0.4, -0.2) is 96.8 Å². The van der Waals surface area contributed by atoms with E-state index in [2.05, 4.69) is 5.32 Å². The maximum absolute atomic E-state index is 12.2. The molecule has 0 fully saturated rings. The molecule has 0 spiro atoms. The van der Waals surface area contributed by atoms with Crippen molar-refractivity contribution in [3.05, 3.63) is 129 Å². The molecule has 0 saturated heterocycles. The number of carbonyl (C=O) groups is 4. The first-order valence-corrected chi connectivity index (χ1v) is 20.8. The van der Waals surface area contributed by atoms with Crippen LogP contribution in [0.5, 0.6) is 11.5 Å². The first kappa shape index (κ1) is 58.8. The molecular weight excluding hydrogens is 866 g/mol. The Kier molecular flexibility index (Phi) is 31.1. The summed E-state index contributed by atoms with van der Waals surface area (Å²) >= 11 is 11.7. The molecule has 0 radical (unpaired) electrons. The largest absolute Gasteiger partial charge is 1.00 e. The van der Waals surface area contributed by atoms with E-state index in [0.717, 1.165) is 28.1 Å². The van der Waals surface area contributed by atoms with E-state index in [1.807, 2.05) is 55.5 Å². The molecule has 14 nitrogen and oxygen atoms in total. The molecule has 6 N–H and O–H groups in total. The van der Waals surface area contributed by atoms with Gasteiger partial charge in [0, 0.05) is 42.6 Å². The molecule has 0 aromatic heterocycles. The minimum atomic E-state index is -1.03. The Bertz CT molecular complexity index is 1920. The number of nitrogens with one attached hydrogen (secondary N) is 1. The minimum absolute atomic E-state index is 0. The van der Waals surface area contributed by atoms with Gasteiger partial charge in [0.2, 0.25) is 0 Å². The van der Waals surface area contributed by atoms with Crippen LogP contribution in [0.2, 0.25) is 10.0 Å². The van der Waals surface area contributed by atoms with E-state index < -0.39 is 36.4 Å². The van der Waals surface area contributed by atoms with Crippen LogP contribution in [0.25, 0.3) is 0 Å². The van der Waals surface area contributed by atoms with Crippen LogP contribution >= 0.6 is 23.2 Å². The number of hydrogen-bond acceptors (Lipinski definition) is 11. The molecule has 1 amide bonds. The van der Waals surface area contributed by atoms with Crippen molar-refractivity contribution in [1.82, 2.24) is 5.32 Å². The van der Waals surface area contributed by atoms with E-state index in [0.29, 0.717) is 62.3 Å². The topological polar surface area (TPSA) is 223 Å². The predicted molar refractivity (Wildman–Crippen MR) is 238 cm³/mol. The number of rotatable bonds is 22. The van der Waals surface area contributed by atoms with Gasteiger partial charge in [-0.25, -0.2) is 14.4 Å². The molecule has 17 heteroatoms. The Morgan fingerprint density at radius 1 is 0.635 bits per heavy atom. The molecule has 0 aliphatic carbocycles. The average Bonchev–Trinajstić information content (AvgIpc) is 3.22. The van der Waals surface area contributed by atoms with Gasteiger partial charge < -0.3 is 50.4 Å². The Labute approximate surface area is 402 Å². The third-order valence-corrected chi connectivity index (χ3v) is 8.99. The van der Waals surface area contributed by atoms with Crippen LogP contribution in [0, 0.1) is 0 Å². The van der Waals surface area contributed by atoms with Crippen molar-refractivity contribution in [2.45, 2.75) is 84.7 Å². The summed E-state index contributed by atoms with van der Waals surface area (Å²) in [7, 11) is 0. The van der Waals surface area contributed by atoms with Gasteiger partial charge in [-0.05, 0) is 125 Å². The third-order valence-electron chi connectivity index (χ3n) is 8.52. The molecule has 0 aliphatic rings. The molecular formula is C46H59Cl2N2NaO12. The van der Waals surface area contributed by atoms with Crippen molar-refractivity contribution in [3.8, 4) is 11.5 Å². The normalized spacial score (nSPS) is 12.1. The van der Waals surface area contributed by atoms with Gasteiger partial charge in [0.1, 0.15) is 11.5 Å². The zero-order chi connectivity index (χ0) is 45.2. The van der Waals surface area contributed by atoms with Crippen molar-refractivity contribution < 1.29 is 88.1 Å². The van der Waals surface area contributed by atoms with Gasteiger partial charge in [0.25, 0.3) is 5.91 Å². The number of amides is 1. The number of carbonyl (C=O) groups excluding carboxylic acids is 2. The van der Waals surface area contributed by atoms with Gasteiger partial charge in [0.15, 0.2) is 24.4 Å². The average molecular weight is 926 g/mol. The summed E-state index contributed by atoms with van der Waals surface area (Å²) in [6.07, 6.45) is -0.855. The Morgan fingerprint density at radius 3 is 1.52 bits per heavy atom. The monoisotopic (exact) mass is 924 g/mol. The van der Waals surface area contributed by atoms with Crippen molar-refractivity contribution in [1.29, 1.82) is 0 Å². The number of hydrogen-bond donors (Lipinski definition) is 4. The molecule has 0 unspecified atom stereocenters. The maximum atomic E-state index is 12.2. The Balaban J connectivity index is 0.000000997. The van der Waals surface area contributed by atoms with E-state index in [9.17, 15) is 19.2 Å². The van der Waals surface area contributed by atoms with Crippen molar-refractivity contribution in [2.75, 3.05) is 32.9 Å². The molecule has 4 rings (SSSR count). The number of esters is 1. The first-order valence-electron chi connectivity index (χ1n) is 20.0. The van der Waals surface area contributed by atoms with Crippen LogP contribution in [0.15, 0.2) is 97.1 Å². The van der Waals surface area contributed by atoms with E-state index in [4.69, 9.17) is 62.8 Å². The number of carboxylic acid groups (broad SMARTS) is 2. The van der Waals surface area contributed by atoms with Gasteiger partial charge in [-0.3, -0.25) is 4.79 Å². The standard InChI is InChI=1S/C22H26ClNO5.C16H22O6.C8H10ClN.Na.H2O/c1-3-28-20(22(26)27)14-17-7-9-19(10-8-17)29-15(2)21(25)24-12-11-16-5-4-6-18(23)13-16;1-4-20-14(16(19)21-5-2)10-12-6-8-13(9-7-12)22-11(3)15(17)18;9-8-3-1-2-7(6-8)4-5-10;;/h4-10,13,15,20H,3,11-12,14H2,1-2H3,(H,24,25)(H,26,27);6-9,11,14H,4-5,10H2,1-3H3,(H,17,18);1-3,6H,4-5,10H2;;1H2/q;;;+1;/p-1/t15-,20+;11-,14+;;;/m11.../s1. The number of halogens is 2. The second-order valence-electron chi connectivity index (χ2n) is 13.4. The summed E-state index contributed by atoms with van der Waals surface area (Å²) in [5, 5.41) is 22.3. The molecule has 4 atom stereocenters. The summed E-state index contributed by atoms with van der Waals surface area (Å²) in [6, 6.07) is 29.1. The second-order valence-corrected chi connectivity index (χ2v) is 14.2. The van der Waals surface area contributed by atoms with Crippen LogP contribution in [0.3, 0.4) is 0 Å². The summed E-state index contributed by atoms with van der Waals surface area (Å²) in [5.41, 5.74) is 9.31. The zero-order valence-electron chi connectivity index (χ0n) is 36.8. The van der Waals surface area contributed by atoms with E-state index >= 15 is 0 Å². The second kappa shape index (κ2) is 33.3. The Hall–Kier alpha value is -4.22. The van der Waals surface area contributed by atoms with Gasteiger partial charge in [-0.15, -0.1) is 0 Å². The SMILES string of the molecule is CCOC(=O)[C@H](Cc1ccc(O[C@H](C)C(=O)O)cc1)OCC.CCO[C@@H](Cc1ccc(O[C@H](C)C(=O)NCCc2cccc(Cl)c2)cc1)C(=O)O.NCCc1cccc(Cl)c1.[Na+].[OH-]. The number of ether oxygens (including phenoxy) is 5. The molecule has 0 heterocycles. The van der Waals surface area contributed by atoms with Crippen molar-refractivity contribution in [3.63, 3.8) is 0 Å². The summed E-state index contributed by atoms with van der Waals surface area (Å²) < 4.78 is 26.5. The fraction of sp³-hybridized carbons (Fsp3) is 0.391. The quantitative estimate of drug-likeness (QED) is 0.0642. The van der Waals surface area contributed by atoms with Gasteiger partial charge in [0.05, 0.1) is 6.61 Å². The fourth-order valence-electron chi connectivity index (χ4n) is 5.44. The molecule has 0 bridgehead atoms. The van der Waals surface area contributed by atoms with Gasteiger partial charge in [-0.1, -0.05) is 71.7 Å². The molecule has 340 valence electrons. The smallest absolute Gasteiger partial charge is 0.870 e. The van der Waals surface area contributed by atoms with E-state index in [1.54, 1.807) is 69.3 Å². The van der Waals surface area contributed by atoms with Gasteiger partial charge in [-0.2, -0.15) is 0 Å². The van der Waals surface area contributed by atoms with Crippen LogP contribution in [0.4, 0.5) is 0 Å². The minimum Gasteiger partial charge on any atom is -0.870 e. The summed E-state index contributed by atoms with van der Waals surface area (Å²) in [4.78, 5) is 45.9. The number of benzene rings is 4. The Morgan fingerprint density at radius 2 is 1.10 bits per heavy atom. The predicted octanol–water partition coefficient (Wildman–Crippen LogP) is 4.22. The fourth-order valence-corrected chi connectivity index (χ4v) is 5.87. The van der Waals surface area contributed by atoms with Crippen LogP contribution < -0.4 is 50.1 Å². The van der Waals surface area contributed by atoms with Crippen molar-refractivity contribution >= 4 is 47.0 Å². The zero-order valence-corrected chi connectivity index (χ0v) is 40.3. The molecule has 4 aromatic carbocycles. The first-order chi connectivity index (χ1) is 29.2. The molecule has 63 heavy (non-hydrogen) atoms. The molecule has 4 aromatic rings. The van der Waals surface area contributed by atoms with Crippen LogP contribution in [-0.2, 0) is 59.1 Å². The van der Waals surface area contributed by atoms with Gasteiger partial charge >= 0.3 is 47.5 Å².